The van der Waals surface area contributed by atoms with Crippen LogP contribution in [0.25, 0.3) is 11.4 Å². The lowest BCUT2D eigenvalue weighted by Crippen LogP contribution is -2.08. The highest BCUT2D eigenvalue weighted by Gasteiger charge is 2.13. The van der Waals surface area contributed by atoms with E-state index in [1.807, 2.05) is 31.2 Å². The standard InChI is InChI=1S/C15H18N2O3/c1-4-20-14(18)9-13-10(2)16-15(17-13)11-5-7-12(19-3)8-6-11/h5-8H,4,9H2,1-3H3,(H,16,17). The van der Waals surface area contributed by atoms with Crippen molar-refractivity contribution in [2.75, 3.05) is 13.7 Å². The van der Waals surface area contributed by atoms with Crippen molar-refractivity contribution in [3.05, 3.63) is 35.7 Å². The first kappa shape index (κ1) is 14.1. The number of carbonyl (C=O) groups excluding carboxylic acids is 1. The second kappa shape index (κ2) is 6.23. The summed E-state index contributed by atoms with van der Waals surface area (Å²) in [7, 11) is 1.63. The Balaban J connectivity index is 2.19. The molecule has 1 aromatic heterocycles. The number of H-pyrrole nitrogens is 1. The first-order valence-electron chi connectivity index (χ1n) is 6.49. The molecule has 5 heteroatoms. The molecule has 0 saturated heterocycles. The minimum atomic E-state index is -0.261. The molecule has 0 spiro atoms. The summed E-state index contributed by atoms with van der Waals surface area (Å²) in [5.41, 5.74) is 2.54. The van der Waals surface area contributed by atoms with Gasteiger partial charge in [-0.15, -0.1) is 0 Å². The largest absolute Gasteiger partial charge is 0.497 e. The van der Waals surface area contributed by atoms with E-state index in [9.17, 15) is 4.79 Å². The number of aryl methyl sites for hydroxylation is 1. The Hall–Kier alpha value is -2.30. The molecule has 1 heterocycles. The number of hydrogen-bond donors (Lipinski definition) is 1. The molecule has 0 fully saturated rings. The molecular weight excluding hydrogens is 256 g/mol. The Morgan fingerprint density at radius 3 is 2.60 bits per heavy atom. The fraction of sp³-hybridized carbons (Fsp3) is 0.333. The number of hydrogen-bond acceptors (Lipinski definition) is 4. The number of aromatic nitrogens is 2. The van der Waals surface area contributed by atoms with E-state index in [2.05, 4.69) is 9.97 Å². The zero-order chi connectivity index (χ0) is 14.5. The van der Waals surface area contributed by atoms with Gasteiger partial charge in [-0.3, -0.25) is 4.79 Å². The monoisotopic (exact) mass is 274 g/mol. The SMILES string of the molecule is CCOC(=O)Cc1nc(-c2ccc(OC)cc2)[nH]c1C. The molecule has 0 bridgehead atoms. The second-order valence-electron chi connectivity index (χ2n) is 4.37. The maximum absolute atomic E-state index is 11.5. The maximum atomic E-state index is 11.5. The molecule has 0 aliphatic carbocycles. The van der Waals surface area contributed by atoms with E-state index in [4.69, 9.17) is 9.47 Å². The van der Waals surface area contributed by atoms with Gasteiger partial charge in [0, 0.05) is 11.3 Å². The van der Waals surface area contributed by atoms with Gasteiger partial charge in [0.05, 0.1) is 25.8 Å². The van der Waals surface area contributed by atoms with Crippen molar-refractivity contribution in [1.82, 2.24) is 9.97 Å². The Labute approximate surface area is 117 Å². The second-order valence-corrected chi connectivity index (χ2v) is 4.37. The van der Waals surface area contributed by atoms with E-state index in [1.54, 1.807) is 14.0 Å². The molecule has 0 radical (unpaired) electrons. The van der Waals surface area contributed by atoms with Gasteiger partial charge >= 0.3 is 5.97 Å². The van der Waals surface area contributed by atoms with Gasteiger partial charge in [-0.05, 0) is 38.1 Å². The van der Waals surface area contributed by atoms with Gasteiger partial charge in [-0.25, -0.2) is 4.98 Å². The van der Waals surface area contributed by atoms with Crippen LogP contribution in [0.4, 0.5) is 0 Å². The van der Waals surface area contributed by atoms with Crippen LogP contribution >= 0.6 is 0 Å². The number of ether oxygens (including phenoxy) is 2. The normalized spacial score (nSPS) is 10.3. The topological polar surface area (TPSA) is 64.2 Å². The van der Waals surface area contributed by atoms with Gasteiger partial charge in [0.25, 0.3) is 0 Å². The Morgan fingerprint density at radius 2 is 2.00 bits per heavy atom. The van der Waals surface area contributed by atoms with E-state index in [1.165, 1.54) is 0 Å². The molecule has 2 rings (SSSR count). The molecule has 5 nitrogen and oxygen atoms in total. The summed E-state index contributed by atoms with van der Waals surface area (Å²) in [6, 6.07) is 7.59. The van der Waals surface area contributed by atoms with Crippen molar-refractivity contribution in [2.45, 2.75) is 20.3 Å². The van der Waals surface area contributed by atoms with Crippen molar-refractivity contribution >= 4 is 5.97 Å². The number of nitrogens with zero attached hydrogens (tertiary/aromatic N) is 1. The number of nitrogens with one attached hydrogen (secondary N) is 1. The summed E-state index contributed by atoms with van der Waals surface area (Å²) in [4.78, 5) is 19.1. The van der Waals surface area contributed by atoms with Crippen molar-refractivity contribution in [3.8, 4) is 17.1 Å². The predicted molar refractivity (Wildman–Crippen MR) is 75.6 cm³/mol. The average Bonchev–Trinajstić information content (AvgIpc) is 2.80. The van der Waals surface area contributed by atoms with E-state index < -0.39 is 0 Å². The van der Waals surface area contributed by atoms with Gasteiger partial charge < -0.3 is 14.5 Å². The minimum Gasteiger partial charge on any atom is -0.497 e. The lowest BCUT2D eigenvalue weighted by atomic mass is 10.2. The Kier molecular flexibility index (Phi) is 4.40. The molecule has 1 N–H and O–H groups in total. The molecule has 0 aliphatic heterocycles. The molecule has 0 atom stereocenters. The fourth-order valence-electron chi connectivity index (χ4n) is 1.90. The lowest BCUT2D eigenvalue weighted by molar-refractivity contribution is -0.142. The van der Waals surface area contributed by atoms with Gasteiger partial charge in [-0.2, -0.15) is 0 Å². The third-order valence-corrected chi connectivity index (χ3v) is 2.97. The van der Waals surface area contributed by atoms with E-state index in [-0.39, 0.29) is 12.4 Å². The molecule has 1 aromatic carbocycles. The molecule has 2 aromatic rings. The predicted octanol–water partition coefficient (Wildman–Crippen LogP) is 2.50. The first-order chi connectivity index (χ1) is 9.63. The van der Waals surface area contributed by atoms with Gasteiger partial charge in [0.1, 0.15) is 11.6 Å². The number of methoxy groups -OCH3 is 1. The summed E-state index contributed by atoms with van der Waals surface area (Å²) < 4.78 is 10.1. The van der Waals surface area contributed by atoms with Crippen molar-refractivity contribution in [2.24, 2.45) is 0 Å². The zero-order valence-corrected chi connectivity index (χ0v) is 11.9. The van der Waals surface area contributed by atoms with E-state index in [0.717, 1.165) is 22.8 Å². The minimum absolute atomic E-state index is 0.187. The number of imidazole rings is 1. The highest BCUT2D eigenvalue weighted by molar-refractivity contribution is 5.72. The molecule has 0 unspecified atom stereocenters. The summed E-state index contributed by atoms with van der Waals surface area (Å²) in [6.45, 7) is 4.07. The number of aromatic amines is 1. The van der Waals surface area contributed by atoms with Crippen molar-refractivity contribution in [3.63, 3.8) is 0 Å². The zero-order valence-electron chi connectivity index (χ0n) is 11.9. The first-order valence-corrected chi connectivity index (χ1v) is 6.49. The molecule has 0 amide bonds. The quantitative estimate of drug-likeness (QED) is 0.851. The van der Waals surface area contributed by atoms with Crippen LogP contribution in [0.15, 0.2) is 24.3 Å². The van der Waals surface area contributed by atoms with Crippen molar-refractivity contribution in [1.29, 1.82) is 0 Å². The molecule has 0 saturated carbocycles. The number of esters is 1. The van der Waals surface area contributed by atoms with Gasteiger partial charge in [0.15, 0.2) is 0 Å². The highest BCUT2D eigenvalue weighted by Crippen LogP contribution is 2.21. The van der Waals surface area contributed by atoms with Crippen LogP contribution in [-0.4, -0.2) is 29.7 Å². The van der Waals surface area contributed by atoms with E-state index >= 15 is 0 Å². The van der Waals surface area contributed by atoms with Crippen molar-refractivity contribution < 1.29 is 14.3 Å². The Morgan fingerprint density at radius 1 is 1.30 bits per heavy atom. The molecule has 20 heavy (non-hydrogen) atoms. The summed E-state index contributed by atoms with van der Waals surface area (Å²) >= 11 is 0. The smallest absolute Gasteiger partial charge is 0.311 e. The molecular formula is C15H18N2O3. The molecule has 0 aliphatic rings. The third-order valence-electron chi connectivity index (χ3n) is 2.97. The van der Waals surface area contributed by atoms with Gasteiger partial charge in [0.2, 0.25) is 0 Å². The van der Waals surface area contributed by atoms with Crippen LogP contribution in [0, 0.1) is 6.92 Å². The number of benzene rings is 1. The van der Waals surface area contributed by atoms with Crippen LogP contribution in [-0.2, 0) is 16.0 Å². The van der Waals surface area contributed by atoms with Crippen LogP contribution in [0.2, 0.25) is 0 Å². The summed E-state index contributed by atoms with van der Waals surface area (Å²) in [5, 5.41) is 0. The summed E-state index contributed by atoms with van der Waals surface area (Å²) in [5.74, 6) is 1.27. The fourth-order valence-corrected chi connectivity index (χ4v) is 1.90. The van der Waals surface area contributed by atoms with Gasteiger partial charge in [-0.1, -0.05) is 0 Å². The maximum Gasteiger partial charge on any atom is 0.311 e. The van der Waals surface area contributed by atoms with E-state index in [0.29, 0.717) is 12.3 Å². The summed E-state index contributed by atoms with van der Waals surface area (Å²) in [6.07, 6.45) is 0.187. The average molecular weight is 274 g/mol. The third kappa shape index (κ3) is 3.17. The van der Waals surface area contributed by atoms with Crippen LogP contribution in [0.3, 0.4) is 0 Å². The Bertz CT molecular complexity index is 588. The molecule has 106 valence electrons. The lowest BCUT2D eigenvalue weighted by Gasteiger charge is -2.00. The number of carbonyl (C=O) groups is 1. The highest BCUT2D eigenvalue weighted by atomic mass is 16.5. The van der Waals surface area contributed by atoms with Crippen LogP contribution < -0.4 is 4.74 Å². The number of rotatable bonds is 5. The van der Waals surface area contributed by atoms with Crippen LogP contribution in [0.5, 0.6) is 5.75 Å². The van der Waals surface area contributed by atoms with Crippen LogP contribution in [0.1, 0.15) is 18.3 Å².